The van der Waals surface area contributed by atoms with Crippen molar-refractivity contribution in [1.82, 2.24) is 14.7 Å². The van der Waals surface area contributed by atoms with Gasteiger partial charge < -0.3 is 10.0 Å². The molecule has 0 aliphatic carbocycles. The lowest BCUT2D eigenvalue weighted by Crippen LogP contribution is -2.52. The number of piperazine rings is 1. The molecule has 1 amide bonds. The van der Waals surface area contributed by atoms with Crippen LogP contribution in [0.5, 0.6) is 0 Å². The molecule has 2 rings (SSSR count). The molecular weight excluding hydrogens is 361 g/mol. The number of rotatable bonds is 7. The van der Waals surface area contributed by atoms with Crippen molar-refractivity contribution in [1.29, 1.82) is 0 Å². The number of nitrogens with zero attached hydrogens (tertiary/aromatic N) is 3. The van der Waals surface area contributed by atoms with E-state index in [1.165, 1.54) is 6.07 Å². The predicted octanol–water partition coefficient (Wildman–Crippen LogP) is 1.92. The van der Waals surface area contributed by atoms with Crippen molar-refractivity contribution < 1.29 is 19.1 Å². The minimum atomic E-state index is -0.946. The summed E-state index contributed by atoms with van der Waals surface area (Å²) in [5.41, 5.74) is 0.474. The maximum atomic E-state index is 13.9. The first-order valence-electron chi connectivity index (χ1n) is 8.66. The Bertz CT molecular complexity index is 628. The van der Waals surface area contributed by atoms with Crippen molar-refractivity contribution in [3.63, 3.8) is 0 Å². The van der Waals surface area contributed by atoms with Gasteiger partial charge in [0, 0.05) is 49.4 Å². The number of benzene rings is 1. The van der Waals surface area contributed by atoms with Crippen LogP contribution < -0.4 is 0 Å². The molecule has 8 heteroatoms. The second-order valence-electron chi connectivity index (χ2n) is 6.75. The van der Waals surface area contributed by atoms with Gasteiger partial charge in [-0.05, 0) is 26.0 Å². The Morgan fingerprint density at radius 2 is 1.88 bits per heavy atom. The summed E-state index contributed by atoms with van der Waals surface area (Å²) in [6, 6.07) is 4.61. The zero-order chi connectivity index (χ0) is 19.3. The third-order valence-electron chi connectivity index (χ3n) is 4.58. The van der Waals surface area contributed by atoms with Crippen molar-refractivity contribution in [3.05, 3.63) is 34.6 Å². The van der Waals surface area contributed by atoms with Crippen molar-refractivity contribution in [3.8, 4) is 0 Å². The highest BCUT2D eigenvalue weighted by atomic mass is 35.5. The maximum Gasteiger partial charge on any atom is 0.317 e. The van der Waals surface area contributed by atoms with E-state index in [1.807, 2.05) is 13.8 Å². The van der Waals surface area contributed by atoms with Crippen LogP contribution in [-0.4, -0.2) is 77.0 Å². The Kier molecular flexibility index (Phi) is 7.37. The minimum absolute atomic E-state index is 0.0282. The van der Waals surface area contributed by atoms with Crippen molar-refractivity contribution in [2.24, 2.45) is 0 Å². The monoisotopic (exact) mass is 385 g/mol. The molecule has 1 aliphatic rings. The van der Waals surface area contributed by atoms with E-state index in [0.29, 0.717) is 43.3 Å². The van der Waals surface area contributed by atoms with Gasteiger partial charge in [0.1, 0.15) is 5.82 Å². The molecular formula is C18H25ClFN3O3. The van der Waals surface area contributed by atoms with Gasteiger partial charge >= 0.3 is 5.97 Å². The van der Waals surface area contributed by atoms with Crippen LogP contribution in [0.1, 0.15) is 19.4 Å². The van der Waals surface area contributed by atoms with Gasteiger partial charge in [0.25, 0.3) is 0 Å². The molecule has 1 heterocycles. The lowest BCUT2D eigenvalue weighted by atomic mass is 10.2. The molecule has 0 bridgehead atoms. The van der Waals surface area contributed by atoms with E-state index in [0.717, 1.165) is 0 Å². The quantitative estimate of drug-likeness (QED) is 0.776. The van der Waals surface area contributed by atoms with E-state index >= 15 is 0 Å². The number of carbonyl (C=O) groups excluding carboxylic acids is 1. The van der Waals surface area contributed by atoms with Gasteiger partial charge in [0.05, 0.1) is 13.1 Å². The van der Waals surface area contributed by atoms with Crippen LogP contribution in [0.15, 0.2) is 18.2 Å². The SMILES string of the molecule is CC(C)N(CC(=O)O)CC(=O)N1CCN(Cc2c(F)cccc2Cl)CC1. The molecule has 1 aliphatic heterocycles. The van der Waals surface area contributed by atoms with Crippen LogP contribution in [0.3, 0.4) is 0 Å². The highest BCUT2D eigenvalue weighted by molar-refractivity contribution is 6.31. The molecule has 26 heavy (non-hydrogen) atoms. The lowest BCUT2D eigenvalue weighted by molar-refractivity contribution is -0.141. The van der Waals surface area contributed by atoms with Crippen LogP contribution in [0, 0.1) is 5.82 Å². The molecule has 1 N–H and O–H groups in total. The highest BCUT2D eigenvalue weighted by Gasteiger charge is 2.25. The number of carboxylic acids is 1. The average Bonchev–Trinajstić information content (AvgIpc) is 2.57. The Hall–Kier alpha value is -1.70. The van der Waals surface area contributed by atoms with Gasteiger partial charge in [-0.2, -0.15) is 0 Å². The summed E-state index contributed by atoms with van der Waals surface area (Å²) < 4.78 is 13.9. The van der Waals surface area contributed by atoms with Crippen LogP contribution >= 0.6 is 11.6 Å². The third kappa shape index (κ3) is 5.65. The molecule has 0 unspecified atom stereocenters. The van der Waals surface area contributed by atoms with Gasteiger partial charge in [0.2, 0.25) is 5.91 Å². The number of aliphatic carboxylic acids is 1. The number of hydrogen-bond donors (Lipinski definition) is 1. The van der Waals surface area contributed by atoms with Gasteiger partial charge in [0.15, 0.2) is 0 Å². The summed E-state index contributed by atoms with van der Waals surface area (Å²) in [5.74, 6) is -1.35. The third-order valence-corrected chi connectivity index (χ3v) is 4.93. The second-order valence-corrected chi connectivity index (χ2v) is 7.16. The first-order chi connectivity index (χ1) is 12.3. The Morgan fingerprint density at radius 1 is 1.23 bits per heavy atom. The fourth-order valence-corrected chi connectivity index (χ4v) is 3.15. The fraction of sp³-hybridized carbons (Fsp3) is 0.556. The van der Waals surface area contributed by atoms with Crippen LogP contribution in [0.2, 0.25) is 5.02 Å². The molecule has 1 aromatic rings. The van der Waals surface area contributed by atoms with Crippen molar-refractivity contribution in [2.45, 2.75) is 26.4 Å². The summed E-state index contributed by atoms with van der Waals surface area (Å²) in [7, 11) is 0. The van der Waals surface area contributed by atoms with Crippen molar-refractivity contribution in [2.75, 3.05) is 39.3 Å². The molecule has 1 fully saturated rings. The number of carbonyl (C=O) groups is 2. The van der Waals surface area contributed by atoms with Crippen molar-refractivity contribution >= 4 is 23.5 Å². The van der Waals surface area contributed by atoms with Gasteiger partial charge in [-0.3, -0.25) is 19.4 Å². The predicted molar refractivity (Wildman–Crippen MR) is 97.6 cm³/mol. The molecule has 0 atom stereocenters. The molecule has 6 nitrogen and oxygen atoms in total. The second kappa shape index (κ2) is 9.30. The highest BCUT2D eigenvalue weighted by Crippen LogP contribution is 2.21. The minimum Gasteiger partial charge on any atom is -0.480 e. The van der Waals surface area contributed by atoms with E-state index < -0.39 is 5.97 Å². The summed E-state index contributed by atoms with van der Waals surface area (Å²) in [5, 5.41) is 9.37. The van der Waals surface area contributed by atoms with Gasteiger partial charge in [-0.15, -0.1) is 0 Å². The van der Waals surface area contributed by atoms with E-state index in [2.05, 4.69) is 4.90 Å². The van der Waals surface area contributed by atoms with Gasteiger partial charge in [-0.25, -0.2) is 4.39 Å². The molecule has 144 valence electrons. The number of hydrogen-bond acceptors (Lipinski definition) is 4. The smallest absolute Gasteiger partial charge is 0.317 e. The van der Waals surface area contributed by atoms with Crippen LogP contribution in [0.4, 0.5) is 4.39 Å². The topological polar surface area (TPSA) is 64.1 Å². The number of amides is 1. The van der Waals surface area contributed by atoms with E-state index in [1.54, 1.807) is 21.9 Å². The normalized spacial score (nSPS) is 15.7. The summed E-state index contributed by atoms with van der Waals surface area (Å²) in [4.78, 5) is 28.8. The number of halogens is 2. The molecule has 0 spiro atoms. The Labute approximate surface area is 158 Å². The van der Waals surface area contributed by atoms with Gasteiger partial charge in [-0.1, -0.05) is 17.7 Å². The zero-order valence-corrected chi connectivity index (χ0v) is 15.9. The molecule has 0 aromatic heterocycles. The molecule has 1 saturated heterocycles. The first-order valence-corrected chi connectivity index (χ1v) is 9.04. The van der Waals surface area contributed by atoms with Crippen LogP contribution in [0.25, 0.3) is 0 Å². The molecule has 0 radical (unpaired) electrons. The summed E-state index contributed by atoms with van der Waals surface area (Å²) in [6.45, 7) is 6.38. The first kappa shape index (κ1) is 20.6. The van der Waals surface area contributed by atoms with Crippen LogP contribution in [-0.2, 0) is 16.1 Å². The molecule has 0 saturated carbocycles. The zero-order valence-electron chi connectivity index (χ0n) is 15.1. The Morgan fingerprint density at radius 3 is 2.42 bits per heavy atom. The number of carboxylic acid groups (broad SMARTS) is 1. The van der Waals surface area contributed by atoms with E-state index in [4.69, 9.17) is 16.7 Å². The molecule has 1 aromatic carbocycles. The largest absolute Gasteiger partial charge is 0.480 e. The average molecular weight is 386 g/mol. The summed E-state index contributed by atoms with van der Waals surface area (Å²) >= 11 is 6.07. The summed E-state index contributed by atoms with van der Waals surface area (Å²) in [6.07, 6.45) is 0. The van der Waals surface area contributed by atoms with E-state index in [-0.39, 0.29) is 30.9 Å². The maximum absolute atomic E-state index is 13.9. The Balaban J connectivity index is 1.87. The fourth-order valence-electron chi connectivity index (χ4n) is 2.93. The standard InChI is InChI=1S/C18H25ClFN3O3/c1-13(2)23(12-18(25)26)11-17(24)22-8-6-21(7-9-22)10-14-15(19)4-3-5-16(14)20/h3-5,13H,6-12H2,1-2H3,(H,25,26). The lowest BCUT2D eigenvalue weighted by Gasteiger charge is -2.36. The van der Waals surface area contributed by atoms with E-state index in [9.17, 15) is 14.0 Å².